The Labute approximate surface area is 224 Å². The molecule has 10 heteroatoms. The lowest BCUT2D eigenvalue weighted by molar-refractivity contribution is -0.185. The molecular formula is C29H29F2N5O3. The topological polar surface area (TPSA) is 90.8 Å². The number of halogens is 2. The molecule has 1 saturated heterocycles. The van der Waals surface area contributed by atoms with E-state index in [0.29, 0.717) is 36.4 Å². The number of fused-ring (bicyclic) bond motifs is 1. The maximum absolute atomic E-state index is 14.9. The Hall–Kier alpha value is -3.74. The fourth-order valence-corrected chi connectivity index (χ4v) is 6.37. The maximum Gasteiger partial charge on any atom is 0.317 e. The molecule has 2 aliphatic carbocycles. The number of hydrogen-bond donors (Lipinski definition) is 0. The lowest BCUT2D eigenvalue weighted by Crippen LogP contribution is -2.52. The molecule has 3 fully saturated rings. The number of cyclic esters (lactones) is 1. The van der Waals surface area contributed by atoms with Crippen LogP contribution < -0.4 is 0 Å². The van der Waals surface area contributed by atoms with Gasteiger partial charge in [0, 0.05) is 38.1 Å². The van der Waals surface area contributed by atoms with E-state index in [4.69, 9.17) is 11.3 Å². The lowest BCUT2D eigenvalue weighted by atomic mass is 9.73. The van der Waals surface area contributed by atoms with Crippen LogP contribution >= 0.6 is 0 Å². The van der Waals surface area contributed by atoms with Crippen molar-refractivity contribution in [3.63, 3.8) is 0 Å². The van der Waals surface area contributed by atoms with Gasteiger partial charge in [-0.3, -0.25) is 9.59 Å². The van der Waals surface area contributed by atoms with E-state index in [2.05, 4.69) is 19.9 Å². The molecule has 1 aliphatic heterocycles. The predicted octanol–water partition coefficient (Wildman–Crippen LogP) is 4.86. The van der Waals surface area contributed by atoms with Gasteiger partial charge >= 0.3 is 5.97 Å². The van der Waals surface area contributed by atoms with Crippen molar-refractivity contribution in [2.75, 3.05) is 0 Å². The minimum Gasteiger partial charge on any atom is -0.458 e. The van der Waals surface area contributed by atoms with E-state index in [-0.39, 0.29) is 36.5 Å². The Kier molecular flexibility index (Phi) is 6.20. The van der Waals surface area contributed by atoms with E-state index in [9.17, 15) is 18.4 Å². The average Bonchev–Trinajstić information content (AvgIpc) is 3.28. The number of aryl methyl sites for hydroxylation is 2. The third-order valence-corrected chi connectivity index (χ3v) is 8.64. The summed E-state index contributed by atoms with van der Waals surface area (Å²) in [6.07, 6.45) is 8.61. The number of Topliss-reactive ketones (excluding diaryl/α,β-unsaturated/α-hetero) is 1. The Morgan fingerprint density at radius 2 is 1.90 bits per heavy atom. The first-order chi connectivity index (χ1) is 18.7. The summed E-state index contributed by atoms with van der Waals surface area (Å²) in [6.45, 7) is 9.23. The molecule has 0 spiro atoms. The second-order valence-corrected chi connectivity index (χ2v) is 11.3. The molecule has 202 valence electrons. The Bertz CT molecular complexity index is 1480. The van der Waals surface area contributed by atoms with Gasteiger partial charge in [-0.1, -0.05) is 12.8 Å². The zero-order valence-electron chi connectivity index (χ0n) is 21.8. The SMILES string of the molecule is [C-]#[N+]C1(c2c(F)cc(CCC3(C4CCCC4)CC(=O)C(Cc4nc5ncc(C)cn5n4)C(=O)O3)cc2F)CC1. The summed E-state index contributed by atoms with van der Waals surface area (Å²) < 4.78 is 37.5. The fraction of sp³-hybridized carbons (Fsp3) is 0.517. The molecule has 0 amide bonds. The number of carbonyl (C=O) groups is 2. The van der Waals surface area contributed by atoms with Gasteiger partial charge in [0.05, 0.1) is 0 Å². The van der Waals surface area contributed by atoms with Gasteiger partial charge in [0.1, 0.15) is 28.7 Å². The highest BCUT2D eigenvalue weighted by atomic mass is 19.1. The number of rotatable bonds is 7. The molecule has 2 atom stereocenters. The largest absolute Gasteiger partial charge is 0.458 e. The highest BCUT2D eigenvalue weighted by Gasteiger charge is 2.56. The normalized spacial score (nSPS) is 24.6. The Morgan fingerprint density at radius 3 is 2.54 bits per heavy atom. The summed E-state index contributed by atoms with van der Waals surface area (Å²) in [5.74, 6) is -2.50. The molecule has 6 rings (SSSR count). The third kappa shape index (κ3) is 4.58. The van der Waals surface area contributed by atoms with Gasteiger partial charge in [-0.15, -0.1) is 5.10 Å². The van der Waals surface area contributed by atoms with Crippen molar-refractivity contribution in [2.24, 2.45) is 11.8 Å². The molecule has 3 heterocycles. The van der Waals surface area contributed by atoms with E-state index in [1.807, 2.05) is 6.92 Å². The number of nitrogens with zero attached hydrogens (tertiary/aromatic N) is 5. The second-order valence-electron chi connectivity index (χ2n) is 11.3. The maximum atomic E-state index is 14.9. The first kappa shape index (κ1) is 25.5. The first-order valence-electron chi connectivity index (χ1n) is 13.5. The number of benzene rings is 1. The average molecular weight is 534 g/mol. The molecule has 39 heavy (non-hydrogen) atoms. The number of ether oxygens (including phenoxy) is 1. The van der Waals surface area contributed by atoms with Crippen LogP contribution in [-0.4, -0.2) is 36.9 Å². The van der Waals surface area contributed by atoms with Gasteiger partial charge in [-0.05, 0) is 61.8 Å². The van der Waals surface area contributed by atoms with Crippen molar-refractivity contribution in [2.45, 2.75) is 82.3 Å². The van der Waals surface area contributed by atoms with Crippen molar-refractivity contribution >= 4 is 17.5 Å². The van der Waals surface area contributed by atoms with Crippen molar-refractivity contribution in [1.82, 2.24) is 19.6 Å². The Morgan fingerprint density at radius 1 is 1.18 bits per heavy atom. The summed E-state index contributed by atoms with van der Waals surface area (Å²) in [4.78, 5) is 38.8. The standard InChI is InChI=1S/C29H29F2N5O3/c1-17-15-33-27-34-24(35-36(27)16-17)13-20-23(37)14-29(39-26(20)38,19-5-3-4-6-19)8-7-18-11-21(30)25(22(31)12-18)28(32-2)9-10-28/h11-12,15-16,19-20H,3-10,13-14H2,1H3. The number of carbonyl (C=O) groups excluding carboxylic acids is 2. The van der Waals surface area contributed by atoms with E-state index in [0.717, 1.165) is 31.2 Å². The second kappa shape index (κ2) is 9.47. The molecule has 2 saturated carbocycles. The summed E-state index contributed by atoms with van der Waals surface area (Å²) in [6, 6.07) is 2.57. The van der Waals surface area contributed by atoms with Gasteiger partial charge < -0.3 is 9.58 Å². The van der Waals surface area contributed by atoms with Gasteiger partial charge in [-0.25, -0.2) is 24.9 Å². The number of aromatic nitrogens is 4. The van der Waals surface area contributed by atoms with Crippen LogP contribution in [0.4, 0.5) is 8.78 Å². The first-order valence-corrected chi connectivity index (χ1v) is 13.5. The minimum atomic E-state index is -1.08. The highest BCUT2D eigenvalue weighted by Crippen LogP contribution is 2.51. The van der Waals surface area contributed by atoms with Gasteiger partial charge in [0.2, 0.25) is 0 Å². The zero-order chi connectivity index (χ0) is 27.4. The van der Waals surface area contributed by atoms with Crippen LogP contribution in [0, 0.1) is 37.0 Å². The molecule has 3 aromatic rings. The van der Waals surface area contributed by atoms with Gasteiger partial charge in [0.25, 0.3) is 11.3 Å². The summed E-state index contributed by atoms with van der Waals surface area (Å²) in [5, 5.41) is 4.37. The molecule has 8 nitrogen and oxygen atoms in total. The van der Waals surface area contributed by atoms with Crippen LogP contribution in [0.2, 0.25) is 0 Å². The van der Waals surface area contributed by atoms with Crippen molar-refractivity contribution in [3.8, 4) is 0 Å². The molecule has 1 aromatic carbocycles. The van der Waals surface area contributed by atoms with Crippen LogP contribution in [0.5, 0.6) is 0 Å². The van der Waals surface area contributed by atoms with Crippen LogP contribution in [0.1, 0.15) is 73.9 Å². The Balaban J connectivity index is 1.21. The quantitative estimate of drug-likeness (QED) is 0.245. The molecule has 2 unspecified atom stereocenters. The van der Waals surface area contributed by atoms with Crippen molar-refractivity contribution < 1.29 is 23.1 Å². The summed E-state index contributed by atoms with van der Waals surface area (Å²) in [7, 11) is 0. The van der Waals surface area contributed by atoms with Crippen LogP contribution in [0.25, 0.3) is 10.6 Å². The smallest absolute Gasteiger partial charge is 0.317 e. The number of ketones is 1. The zero-order valence-corrected chi connectivity index (χ0v) is 21.8. The molecule has 3 aliphatic rings. The van der Waals surface area contributed by atoms with Crippen LogP contribution in [0.3, 0.4) is 0 Å². The number of hydrogen-bond acceptors (Lipinski definition) is 6. The van der Waals surface area contributed by atoms with E-state index >= 15 is 0 Å². The molecule has 0 bridgehead atoms. The fourth-order valence-electron chi connectivity index (χ4n) is 6.37. The van der Waals surface area contributed by atoms with Crippen molar-refractivity contribution in [3.05, 3.63) is 70.1 Å². The molecule has 0 N–H and O–H groups in total. The van der Waals surface area contributed by atoms with Gasteiger partial charge in [0.15, 0.2) is 11.6 Å². The minimum absolute atomic E-state index is 0.0117. The molecule has 2 aromatic heterocycles. The van der Waals surface area contributed by atoms with Gasteiger partial charge in [-0.2, -0.15) is 4.98 Å². The summed E-state index contributed by atoms with van der Waals surface area (Å²) >= 11 is 0. The van der Waals surface area contributed by atoms with E-state index in [1.54, 1.807) is 12.4 Å². The van der Waals surface area contributed by atoms with Crippen LogP contribution in [0.15, 0.2) is 24.5 Å². The van der Waals surface area contributed by atoms with Crippen molar-refractivity contribution in [1.29, 1.82) is 0 Å². The predicted molar refractivity (Wildman–Crippen MR) is 135 cm³/mol. The summed E-state index contributed by atoms with van der Waals surface area (Å²) in [5.41, 5.74) is -0.912. The van der Waals surface area contributed by atoms with Crippen LogP contribution in [-0.2, 0) is 32.7 Å². The highest BCUT2D eigenvalue weighted by molar-refractivity contribution is 6.01. The third-order valence-electron chi connectivity index (χ3n) is 8.64. The van der Waals surface area contributed by atoms with E-state index < -0.39 is 34.7 Å². The molecular weight excluding hydrogens is 504 g/mol. The monoisotopic (exact) mass is 533 g/mol. The molecule has 0 radical (unpaired) electrons. The lowest BCUT2D eigenvalue weighted by Gasteiger charge is -2.43. The van der Waals surface area contributed by atoms with E-state index in [1.165, 1.54) is 16.6 Å². The number of esters is 1.